The van der Waals surface area contributed by atoms with Crippen molar-refractivity contribution in [2.24, 2.45) is 0 Å². The Hall–Kier alpha value is -3.73. The van der Waals surface area contributed by atoms with Crippen molar-refractivity contribution >= 4 is 57.3 Å². The number of amides is 1. The molecule has 1 atom stereocenters. The molecule has 1 aliphatic rings. The third-order valence-electron chi connectivity index (χ3n) is 6.47. The quantitative estimate of drug-likeness (QED) is 0.0482. The second-order valence-corrected chi connectivity index (χ2v) is 11.9. The maximum atomic E-state index is 13.5. The van der Waals surface area contributed by atoms with Gasteiger partial charge < -0.3 is 9.84 Å². The van der Waals surface area contributed by atoms with E-state index in [1.165, 1.54) is 40.4 Å². The number of unbranched alkanes of at least 4 members (excludes halogenated alkanes) is 2. The Labute approximate surface area is 251 Å². The lowest BCUT2D eigenvalue weighted by molar-refractivity contribution is -0.132. The molecule has 1 saturated heterocycles. The number of carbonyl (C=O) groups excluding carboxylic acids is 2. The third-order valence-corrected chi connectivity index (χ3v) is 8.85. The smallest absolute Gasteiger partial charge is 0.301 e. The Balaban J connectivity index is 1.50. The SMILES string of the molecule is CCCCCOc1cccc(C2C(=C(O)c3ccncc3)C(=O)C(=O)N2c2nnc(SCc3ccc(Cl)cc3)s2)c1. The number of benzene rings is 2. The molecule has 8 nitrogen and oxygen atoms in total. The van der Waals surface area contributed by atoms with E-state index in [2.05, 4.69) is 22.1 Å². The molecule has 1 N–H and O–H groups in total. The molecular weight excluding hydrogens is 580 g/mol. The number of rotatable bonds is 11. The highest BCUT2D eigenvalue weighted by Gasteiger charge is 2.48. The van der Waals surface area contributed by atoms with Crippen molar-refractivity contribution in [3.63, 3.8) is 0 Å². The van der Waals surface area contributed by atoms with Gasteiger partial charge in [0.1, 0.15) is 11.5 Å². The average molecular weight is 607 g/mol. The van der Waals surface area contributed by atoms with Crippen LogP contribution in [0.5, 0.6) is 5.75 Å². The number of aromatic nitrogens is 3. The fourth-order valence-electron chi connectivity index (χ4n) is 4.41. The summed E-state index contributed by atoms with van der Waals surface area (Å²) in [5, 5.41) is 20.8. The van der Waals surface area contributed by atoms with Crippen LogP contribution in [0, 0.1) is 0 Å². The lowest BCUT2D eigenvalue weighted by Crippen LogP contribution is -2.29. The molecule has 4 aromatic rings. The van der Waals surface area contributed by atoms with Gasteiger partial charge in [-0.05, 0) is 53.9 Å². The lowest BCUT2D eigenvalue weighted by atomic mass is 9.95. The number of aliphatic hydroxyl groups is 1. The van der Waals surface area contributed by atoms with E-state index < -0.39 is 17.7 Å². The zero-order valence-corrected chi connectivity index (χ0v) is 24.6. The van der Waals surface area contributed by atoms with E-state index in [-0.39, 0.29) is 16.5 Å². The summed E-state index contributed by atoms with van der Waals surface area (Å²) in [6.07, 6.45) is 6.08. The van der Waals surface area contributed by atoms with Crippen molar-refractivity contribution < 1.29 is 19.4 Å². The van der Waals surface area contributed by atoms with Crippen LogP contribution < -0.4 is 9.64 Å². The van der Waals surface area contributed by atoms with Gasteiger partial charge in [0, 0.05) is 28.7 Å². The van der Waals surface area contributed by atoms with Crippen LogP contribution in [0.3, 0.4) is 0 Å². The van der Waals surface area contributed by atoms with E-state index in [0.29, 0.717) is 38.6 Å². The van der Waals surface area contributed by atoms with Gasteiger partial charge in [-0.1, -0.05) is 78.7 Å². The van der Waals surface area contributed by atoms with Crippen molar-refractivity contribution in [2.45, 2.75) is 42.3 Å². The molecule has 1 amide bonds. The second-order valence-electron chi connectivity index (χ2n) is 9.30. The topological polar surface area (TPSA) is 106 Å². The van der Waals surface area contributed by atoms with Gasteiger partial charge >= 0.3 is 5.91 Å². The predicted molar refractivity (Wildman–Crippen MR) is 161 cm³/mol. The number of nitrogens with zero attached hydrogens (tertiary/aromatic N) is 4. The van der Waals surface area contributed by atoms with Crippen molar-refractivity contribution in [3.05, 3.63) is 100 Å². The van der Waals surface area contributed by atoms with Crippen LogP contribution in [0.15, 0.2) is 83.0 Å². The van der Waals surface area contributed by atoms with Crippen LogP contribution >= 0.6 is 34.7 Å². The molecule has 11 heteroatoms. The van der Waals surface area contributed by atoms with E-state index in [9.17, 15) is 14.7 Å². The van der Waals surface area contributed by atoms with Gasteiger partial charge in [0.2, 0.25) is 5.13 Å². The number of Topliss-reactive ketones (excluding diaryl/α,β-unsaturated/α-hetero) is 1. The van der Waals surface area contributed by atoms with Gasteiger partial charge in [0.25, 0.3) is 5.78 Å². The summed E-state index contributed by atoms with van der Waals surface area (Å²) in [7, 11) is 0. The van der Waals surface area contributed by atoms with Crippen molar-refractivity contribution in [1.29, 1.82) is 0 Å². The molecule has 3 heterocycles. The van der Waals surface area contributed by atoms with E-state index in [4.69, 9.17) is 16.3 Å². The number of ketones is 1. The van der Waals surface area contributed by atoms with Crippen molar-refractivity contribution in [2.75, 3.05) is 11.5 Å². The summed E-state index contributed by atoms with van der Waals surface area (Å²) < 4.78 is 6.59. The fraction of sp³-hybridized carbons (Fsp3) is 0.233. The molecule has 0 bridgehead atoms. The minimum Gasteiger partial charge on any atom is -0.507 e. The first-order valence-electron chi connectivity index (χ1n) is 13.1. The molecule has 0 saturated carbocycles. The van der Waals surface area contributed by atoms with Gasteiger partial charge in [-0.3, -0.25) is 19.5 Å². The molecule has 2 aromatic carbocycles. The normalized spacial score (nSPS) is 16.3. The van der Waals surface area contributed by atoms with Crippen molar-refractivity contribution in [3.8, 4) is 5.75 Å². The average Bonchev–Trinajstić information content (AvgIpc) is 3.57. The largest absolute Gasteiger partial charge is 0.507 e. The lowest BCUT2D eigenvalue weighted by Gasteiger charge is -2.23. The Morgan fingerprint density at radius 2 is 1.85 bits per heavy atom. The van der Waals surface area contributed by atoms with Gasteiger partial charge in [-0.15, -0.1) is 10.2 Å². The van der Waals surface area contributed by atoms with Crippen LogP contribution in [0.4, 0.5) is 5.13 Å². The van der Waals surface area contributed by atoms with Crippen LogP contribution in [0.1, 0.15) is 48.9 Å². The standard InChI is InChI=1S/C30H27ClN4O4S2/c1-2-3-4-16-39-23-7-5-6-21(17-23)25-24(26(36)20-12-14-32-15-13-20)27(37)28(38)35(25)29-33-34-30(41-29)40-18-19-8-10-22(31)11-9-19/h5-15,17,25,36H,2-4,16,18H2,1H3. The zero-order chi connectivity index (χ0) is 28.8. The highest BCUT2D eigenvalue weighted by atomic mass is 35.5. The highest BCUT2D eigenvalue weighted by molar-refractivity contribution is 8.00. The predicted octanol–water partition coefficient (Wildman–Crippen LogP) is 7.07. The van der Waals surface area contributed by atoms with E-state index in [1.807, 2.05) is 36.4 Å². The summed E-state index contributed by atoms with van der Waals surface area (Å²) in [4.78, 5) is 32.2. The first-order chi connectivity index (χ1) is 20.0. The number of hydrogen-bond acceptors (Lipinski definition) is 9. The fourth-order valence-corrected chi connectivity index (χ4v) is 6.36. The van der Waals surface area contributed by atoms with Crippen LogP contribution in [0.25, 0.3) is 5.76 Å². The molecule has 0 radical (unpaired) electrons. The second kappa shape index (κ2) is 13.3. The number of pyridine rings is 1. The monoisotopic (exact) mass is 606 g/mol. The summed E-state index contributed by atoms with van der Waals surface area (Å²) in [5.41, 5.74) is 2.02. The number of anilines is 1. The molecule has 0 spiro atoms. The molecule has 5 rings (SSSR count). The molecule has 41 heavy (non-hydrogen) atoms. The molecule has 1 aliphatic heterocycles. The van der Waals surface area contributed by atoms with E-state index in [0.717, 1.165) is 24.8 Å². The van der Waals surface area contributed by atoms with Gasteiger partial charge in [-0.25, -0.2) is 0 Å². The van der Waals surface area contributed by atoms with Crippen molar-refractivity contribution in [1.82, 2.24) is 15.2 Å². The zero-order valence-electron chi connectivity index (χ0n) is 22.2. The first kappa shape index (κ1) is 28.8. The van der Waals surface area contributed by atoms with Gasteiger partial charge in [-0.2, -0.15) is 0 Å². The Morgan fingerprint density at radius 3 is 2.61 bits per heavy atom. The summed E-state index contributed by atoms with van der Waals surface area (Å²) in [6, 6.07) is 17.0. The Kier molecular flexibility index (Phi) is 9.33. The first-order valence-corrected chi connectivity index (χ1v) is 15.3. The molecule has 0 aliphatic carbocycles. The number of thioether (sulfide) groups is 1. The molecular formula is C30H27ClN4O4S2. The minimum absolute atomic E-state index is 0.0325. The third kappa shape index (κ3) is 6.61. The molecule has 210 valence electrons. The van der Waals surface area contributed by atoms with E-state index in [1.54, 1.807) is 24.3 Å². The summed E-state index contributed by atoms with van der Waals surface area (Å²) in [6.45, 7) is 2.68. The number of carbonyl (C=O) groups is 2. The van der Waals surface area contributed by atoms with Crippen LogP contribution in [-0.2, 0) is 15.3 Å². The number of ether oxygens (including phenoxy) is 1. The maximum absolute atomic E-state index is 13.5. The van der Waals surface area contributed by atoms with E-state index >= 15 is 0 Å². The molecule has 1 unspecified atom stereocenters. The molecule has 1 fully saturated rings. The van der Waals surface area contributed by atoms with Crippen LogP contribution in [0.2, 0.25) is 5.02 Å². The Bertz CT molecular complexity index is 1560. The number of halogens is 1. The number of hydrogen-bond donors (Lipinski definition) is 1. The minimum atomic E-state index is -0.926. The maximum Gasteiger partial charge on any atom is 0.301 e. The van der Waals surface area contributed by atoms with Gasteiger partial charge in [0.05, 0.1) is 18.2 Å². The molecule has 2 aromatic heterocycles. The Morgan fingerprint density at radius 1 is 1.07 bits per heavy atom. The van der Waals surface area contributed by atoms with Crippen LogP contribution in [-0.4, -0.2) is 38.6 Å². The summed E-state index contributed by atoms with van der Waals surface area (Å²) in [5.74, 6) is -0.624. The summed E-state index contributed by atoms with van der Waals surface area (Å²) >= 11 is 8.67. The highest BCUT2D eigenvalue weighted by Crippen LogP contribution is 2.44. The number of aliphatic hydroxyl groups excluding tert-OH is 1. The van der Waals surface area contributed by atoms with Gasteiger partial charge in [0.15, 0.2) is 4.34 Å².